The fourth-order valence-electron chi connectivity index (χ4n) is 9.52. The molecule has 6 nitrogen and oxygen atoms in total. The molecule has 0 saturated carbocycles. The third-order valence-electron chi connectivity index (χ3n) is 12.2. The minimum absolute atomic E-state index is 0.121. The molecule has 0 radical (unpaired) electrons. The molecule has 2 heterocycles. The molecule has 0 bridgehead atoms. The van der Waals surface area contributed by atoms with E-state index in [1.165, 1.54) is 0 Å². The lowest BCUT2D eigenvalue weighted by atomic mass is 9.67. The van der Waals surface area contributed by atoms with Gasteiger partial charge in [0.05, 0.1) is 10.8 Å². The van der Waals surface area contributed by atoms with Crippen LogP contribution in [0.2, 0.25) is 0 Å². The summed E-state index contributed by atoms with van der Waals surface area (Å²) < 4.78 is 29.0. The zero-order valence-electron chi connectivity index (χ0n) is 34.4. The molecule has 2 aliphatic rings. The number of hydrogen-bond acceptors (Lipinski definition) is 6. The maximum Gasteiger partial charge on any atom is 0.313 e. The zero-order valence-corrected chi connectivity index (χ0v) is 34.4. The van der Waals surface area contributed by atoms with Crippen LogP contribution in [0.15, 0.2) is 182 Å². The van der Waals surface area contributed by atoms with Crippen LogP contribution >= 0.6 is 0 Å². The number of fused-ring (bicyclic) bond motifs is 1. The second-order valence-electron chi connectivity index (χ2n) is 17.4. The Labute approximate surface area is 348 Å². The van der Waals surface area contributed by atoms with Crippen LogP contribution < -0.4 is 0 Å². The van der Waals surface area contributed by atoms with Gasteiger partial charge in [0.25, 0.3) is 0 Å². The molecule has 2 aliphatic heterocycles. The van der Waals surface area contributed by atoms with Gasteiger partial charge in [0.1, 0.15) is 12.2 Å². The van der Waals surface area contributed by atoms with Gasteiger partial charge in [-0.05, 0) is 58.6 Å². The Bertz CT molecular complexity index is 2230. The number of ether oxygens (including phenoxy) is 4. The Hall–Kier alpha value is -5.82. The Morgan fingerprint density at radius 3 is 1.10 bits per heavy atom. The van der Waals surface area contributed by atoms with Crippen LogP contribution in [0.5, 0.6) is 0 Å². The van der Waals surface area contributed by atoms with E-state index >= 15 is 9.59 Å². The largest absolute Gasteiger partial charge is 0.446 e. The van der Waals surface area contributed by atoms with Crippen molar-refractivity contribution < 1.29 is 28.5 Å². The molecule has 300 valence electrons. The minimum atomic E-state index is -1.61. The second kappa shape index (κ2) is 15.7. The first-order valence-corrected chi connectivity index (χ1v) is 20.5. The van der Waals surface area contributed by atoms with Crippen molar-refractivity contribution in [3.63, 3.8) is 0 Å². The van der Waals surface area contributed by atoms with Crippen molar-refractivity contribution in [1.29, 1.82) is 0 Å². The molecule has 6 heteroatoms. The molecule has 0 aliphatic carbocycles. The van der Waals surface area contributed by atoms with E-state index in [-0.39, 0.29) is 12.3 Å². The molecular formula is C53H52O6. The van der Waals surface area contributed by atoms with Crippen LogP contribution in [0.25, 0.3) is 0 Å². The highest BCUT2D eigenvalue weighted by Gasteiger charge is 2.67. The number of carbonyl (C=O) groups is 2. The lowest BCUT2D eigenvalue weighted by Crippen LogP contribution is -2.58. The number of esters is 2. The summed E-state index contributed by atoms with van der Waals surface area (Å²) >= 11 is 0. The van der Waals surface area contributed by atoms with Gasteiger partial charge >= 0.3 is 11.9 Å². The van der Waals surface area contributed by atoms with E-state index in [0.717, 1.165) is 11.1 Å². The van der Waals surface area contributed by atoms with Crippen molar-refractivity contribution in [3.05, 3.63) is 215 Å². The third kappa shape index (κ3) is 7.41. The van der Waals surface area contributed by atoms with Crippen LogP contribution in [-0.4, -0.2) is 29.9 Å². The van der Waals surface area contributed by atoms with Crippen molar-refractivity contribution in [2.75, 3.05) is 0 Å². The van der Waals surface area contributed by atoms with Crippen LogP contribution in [0.3, 0.4) is 0 Å². The summed E-state index contributed by atoms with van der Waals surface area (Å²) in [6, 6.07) is 59.5. The lowest BCUT2D eigenvalue weighted by molar-refractivity contribution is -0.199. The van der Waals surface area contributed by atoms with Crippen molar-refractivity contribution in [2.45, 2.75) is 82.6 Å². The Morgan fingerprint density at radius 1 is 0.458 bits per heavy atom. The average molecular weight is 785 g/mol. The SMILES string of the molecule is CC1(C)O[C@@H]2[C@@H](O1)C(c1ccccc1)(c1ccccc1)OC(=O)[C@@](C)(CC(c1ccccc1)c1ccccc1)CC(C)(C)C(=O)OC2(c1ccccc1)c1ccccc1. The van der Waals surface area contributed by atoms with E-state index in [1.807, 2.05) is 192 Å². The monoisotopic (exact) mass is 784 g/mol. The van der Waals surface area contributed by atoms with Gasteiger partial charge in [-0.25, -0.2) is 0 Å². The molecule has 0 spiro atoms. The van der Waals surface area contributed by atoms with Gasteiger partial charge in [0, 0.05) is 28.2 Å². The Morgan fingerprint density at radius 2 is 0.763 bits per heavy atom. The molecule has 59 heavy (non-hydrogen) atoms. The van der Waals surface area contributed by atoms with Crippen molar-refractivity contribution in [1.82, 2.24) is 0 Å². The highest BCUT2D eigenvalue weighted by Crippen LogP contribution is 2.56. The summed E-state index contributed by atoms with van der Waals surface area (Å²) in [5, 5.41) is 0. The highest BCUT2D eigenvalue weighted by molar-refractivity contribution is 5.82. The minimum Gasteiger partial charge on any atom is -0.446 e. The predicted molar refractivity (Wildman–Crippen MR) is 229 cm³/mol. The first-order chi connectivity index (χ1) is 28.4. The van der Waals surface area contributed by atoms with Crippen molar-refractivity contribution >= 4 is 11.9 Å². The fourth-order valence-corrected chi connectivity index (χ4v) is 9.52. The third-order valence-corrected chi connectivity index (χ3v) is 12.2. The number of rotatable bonds is 8. The maximum absolute atomic E-state index is 16.0. The molecule has 3 atom stereocenters. The molecule has 8 rings (SSSR count). The van der Waals surface area contributed by atoms with Gasteiger partial charge in [0.15, 0.2) is 17.0 Å². The molecule has 0 N–H and O–H groups in total. The quantitative estimate of drug-likeness (QED) is 0.143. The van der Waals surface area contributed by atoms with Gasteiger partial charge in [-0.2, -0.15) is 0 Å². The number of carbonyl (C=O) groups excluding carboxylic acids is 2. The molecule has 6 aromatic carbocycles. The number of benzene rings is 6. The van der Waals surface area contributed by atoms with Crippen LogP contribution in [0.1, 0.15) is 86.8 Å². The van der Waals surface area contributed by atoms with E-state index < -0.39 is 52.0 Å². The highest BCUT2D eigenvalue weighted by atomic mass is 16.8. The van der Waals surface area contributed by atoms with Crippen molar-refractivity contribution in [2.24, 2.45) is 10.8 Å². The molecule has 2 saturated heterocycles. The summed E-state index contributed by atoms with van der Waals surface area (Å²) in [5.41, 5.74) is -0.726. The Balaban J connectivity index is 1.45. The first kappa shape index (κ1) is 40.0. The Kier molecular flexibility index (Phi) is 10.7. The smallest absolute Gasteiger partial charge is 0.313 e. The molecular weight excluding hydrogens is 733 g/mol. The summed E-state index contributed by atoms with van der Waals surface area (Å²) in [7, 11) is 0. The summed E-state index contributed by atoms with van der Waals surface area (Å²) in [6.07, 6.45) is -1.63. The molecule has 2 fully saturated rings. The van der Waals surface area contributed by atoms with E-state index in [9.17, 15) is 0 Å². The molecule has 6 aromatic rings. The van der Waals surface area contributed by atoms with Crippen molar-refractivity contribution in [3.8, 4) is 0 Å². The topological polar surface area (TPSA) is 71.1 Å². The zero-order chi connectivity index (χ0) is 41.3. The van der Waals surface area contributed by atoms with E-state index in [0.29, 0.717) is 28.7 Å². The normalized spacial score (nSPS) is 23.3. The summed E-state index contributed by atoms with van der Waals surface area (Å²) in [4.78, 5) is 31.4. The van der Waals surface area contributed by atoms with Crippen LogP contribution in [0.4, 0.5) is 0 Å². The van der Waals surface area contributed by atoms with Gasteiger partial charge in [-0.1, -0.05) is 182 Å². The van der Waals surface area contributed by atoms with Crippen LogP contribution in [-0.2, 0) is 39.7 Å². The molecule has 0 unspecified atom stereocenters. The second-order valence-corrected chi connectivity index (χ2v) is 17.4. The van der Waals surface area contributed by atoms with Crippen LogP contribution in [0, 0.1) is 10.8 Å². The standard InChI is InChI=1S/C53H52O6/c1-49(2)37-51(5,36-44(38-24-12-6-13-25-38)39-26-14-7-15-27-39)48(55)59-53(42-32-20-10-21-33-42,43-34-22-11-23-35-43)46-45(56-50(3,4)57-46)52(58-47(49)54,40-28-16-8-17-29-40)41-30-18-9-19-31-41/h6-35,44-46H,36-37H2,1-5H3/t45-,46-,51+/m1/s1. The molecule has 0 aromatic heterocycles. The van der Waals surface area contributed by atoms with E-state index in [4.69, 9.17) is 18.9 Å². The van der Waals surface area contributed by atoms with E-state index in [2.05, 4.69) is 24.3 Å². The van der Waals surface area contributed by atoms with Gasteiger partial charge < -0.3 is 18.9 Å². The average Bonchev–Trinajstić information content (AvgIpc) is 3.60. The fraction of sp³-hybridized carbons (Fsp3) is 0.283. The summed E-state index contributed by atoms with van der Waals surface area (Å²) in [5.74, 6) is -2.35. The van der Waals surface area contributed by atoms with Gasteiger partial charge in [-0.15, -0.1) is 0 Å². The predicted octanol–water partition coefficient (Wildman–Crippen LogP) is 11.1. The van der Waals surface area contributed by atoms with Gasteiger partial charge in [-0.3, -0.25) is 9.59 Å². The summed E-state index contributed by atoms with van der Waals surface area (Å²) in [6.45, 7) is 9.39. The van der Waals surface area contributed by atoms with Gasteiger partial charge in [0.2, 0.25) is 0 Å². The van der Waals surface area contributed by atoms with E-state index in [1.54, 1.807) is 0 Å². The number of cyclic esters (lactones) is 2. The first-order valence-electron chi connectivity index (χ1n) is 20.5. The number of hydrogen-bond donors (Lipinski definition) is 0. The molecule has 0 amide bonds. The lowest BCUT2D eigenvalue weighted by Gasteiger charge is -2.46. The maximum atomic E-state index is 16.0.